The van der Waals surface area contributed by atoms with Crippen molar-refractivity contribution in [1.29, 1.82) is 0 Å². The highest BCUT2D eigenvalue weighted by Crippen LogP contribution is 2.27. The number of nitrogens with one attached hydrogen (secondary N) is 1. The van der Waals surface area contributed by atoms with Gasteiger partial charge in [0.2, 0.25) is 0 Å². The van der Waals surface area contributed by atoms with E-state index in [4.69, 9.17) is 0 Å². The minimum absolute atomic E-state index is 0.615. The Morgan fingerprint density at radius 1 is 1.29 bits per heavy atom. The lowest BCUT2D eigenvalue weighted by molar-refractivity contribution is 0.391. The van der Waals surface area contributed by atoms with Crippen LogP contribution in [0.4, 0.5) is 0 Å². The van der Waals surface area contributed by atoms with E-state index in [1.807, 2.05) is 0 Å². The van der Waals surface area contributed by atoms with Crippen molar-refractivity contribution in [2.75, 3.05) is 24.6 Å². The van der Waals surface area contributed by atoms with Crippen molar-refractivity contribution in [1.82, 2.24) is 5.32 Å². The minimum atomic E-state index is 0.615. The maximum absolute atomic E-state index is 4.59. The van der Waals surface area contributed by atoms with Gasteiger partial charge in [0.1, 0.15) is 0 Å². The van der Waals surface area contributed by atoms with E-state index in [2.05, 4.69) is 29.0 Å². The van der Waals surface area contributed by atoms with Gasteiger partial charge in [-0.2, -0.15) is 11.8 Å². The molecule has 1 heterocycles. The highest BCUT2D eigenvalue weighted by Gasteiger charge is 2.16. The lowest BCUT2D eigenvalue weighted by atomic mass is 9.91. The Morgan fingerprint density at radius 2 is 2.12 bits per heavy atom. The molecule has 0 spiro atoms. The normalized spacial score (nSPS) is 23.9. The molecular formula is C14H26N2S. The van der Waals surface area contributed by atoms with Crippen LogP contribution in [0.1, 0.15) is 45.4 Å². The molecule has 17 heavy (non-hydrogen) atoms. The topological polar surface area (TPSA) is 24.4 Å². The summed E-state index contributed by atoms with van der Waals surface area (Å²) < 4.78 is 0. The van der Waals surface area contributed by atoms with Crippen LogP contribution in [0.3, 0.4) is 0 Å². The molecular weight excluding hydrogens is 228 g/mol. The third-order valence-corrected chi connectivity index (χ3v) is 5.28. The van der Waals surface area contributed by atoms with Gasteiger partial charge in [-0.05, 0) is 30.9 Å². The lowest BCUT2D eigenvalue weighted by Crippen LogP contribution is -2.35. The van der Waals surface area contributed by atoms with Gasteiger partial charge in [-0.15, -0.1) is 0 Å². The molecule has 1 aliphatic carbocycles. The molecule has 2 nitrogen and oxygen atoms in total. The molecule has 1 atom stereocenters. The molecule has 98 valence electrons. The van der Waals surface area contributed by atoms with E-state index in [0.717, 1.165) is 19.0 Å². The van der Waals surface area contributed by atoms with Crippen molar-refractivity contribution in [2.45, 2.75) is 45.4 Å². The second-order valence-electron chi connectivity index (χ2n) is 5.49. The maximum Gasteiger partial charge on any atom is 0.0999 e. The molecule has 2 rings (SSSR count). The van der Waals surface area contributed by atoms with Crippen LogP contribution >= 0.6 is 11.8 Å². The summed E-state index contributed by atoms with van der Waals surface area (Å²) in [5.41, 5.74) is 0. The molecule has 0 bridgehead atoms. The fourth-order valence-electron chi connectivity index (χ4n) is 2.73. The Kier molecular flexibility index (Phi) is 5.69. The monoisotopic (exact) mass is 254 g/mol. The van der Waals surface area contributed by atoms with Crippen molar-refractivity contribution >= 4 is 17.6 Å². The van der Waals surface area contributed by atoms with Gasteiger partial charge in [-0.1, -0.05) is 26.2 Å². The second kappa shape index (κ2) is 7.30. The van der Waals surface area contributed by atoms with E-state index in [-0.39, 0.29) is 0 Å². The Balaban J connectivity index is 1.62. The fourth-order valence-corrected chi connectivity index (χ4v) is 4.04. The molecule has 1 aliphatic heterocycles. The van der Waals surface area contributed by atoms with Crippen molar-refractivity contribution in [2.24, 2.45) is 16.8 Å². The number of hydrogen-bond donors (Lipinski definition) is 1. The first kappa shape index (κ1) is 13.3. The van der Waals surface area contributed by atoms with Gasteiger partial charge in [-0.3, -0.25) is 4.99 Å². The third kappa shape index (κ3) is 4.53. The molecule has 1 N–H and O–H groups in total. The smallest absolute Gasteiger partial charge is 0.0999 e. The quantitative estimate of drug-likeness (QED) is 0.814. The minimum Gasteiger partial charge on any atom is -0.374 e. The molecule has 3 heteroatoms. The van der Waals surface area contributed by atoms with Gasteiger partial charge in [0.25, 0.3) is 0 Å². The third-order valence-electron chi connectivity index (χ3n) is 3.84. The average Bonchev–Trinajstić information content (AvgIpc) is 2.41. The summed E-state index contributed by atoms with van der Waals surface area (Å²) in [4.78, 5) is 4.59. The van der Waals surface area contributed by atoms with Crippen molar-refractivity contribution in [3.63, 3.8) is 0 Å². The first-order valence-corrected chi connectivity index (χ1v) is 8.37. The van der Waals surface area contributed by atoms with E-state index >= 15 is 0 Å². The SMILES string of the molecule is CC(CSCC1CCCCC1)C1=NCCCN1. The van der Waals surface area contributed by atoms with Crippen LogP contribution in [0.15, 0.2) is 4.99 Å². The summed E-state index contributed by atoms with van der Waals surface area (Å²) in [5, 5.41) is 3.44. The van der Waals surface area contributed by atoms with Crippen molar-refractivity contribution < 1.29 is 0 Å². The zero-order valence-corrected chi connectivity index (χ0v) is 11.9. The molecule has 1 saturated carbocycles. The number of rotatable bonds is 5. The Morgan fingerprint density at radius 3 is 2.82 bits per heavy atom. The molecule has 1 unspecified atom stereocenters. The van der Waals surface area contributed by atoms with E-state index in [1.165, 1.54) is 55.9 Å². The van der Waals surface area contributed by atoms with Crippen molar-refractivity contribution in [3.05, 3.63) is 0 Å². The Hall–Kier alpha value is -0.180. The van der Waals surface area contributed by atoms with Gasteiger partial charge in [0, 0.05) is 24.8 Å². The van der Waals surface area contributed by atoms with Crippen LogP contribution in [-0.4, -0.2) is 30.4 Å². The van der Waals surface area contributed by atoms with Crippen LogP contribution in [0, 0.1) is 11.8 Å². The van der Waals surface area contributed by atoms with Crippen LogP contribution in [0.5, 0.6) is 0 Å². The highest BCUT2D eigenvalue weighted by atomic mass is 32.2. The molecule has 0 aromatic rings. The lowest BCUT2D eigenvalue weighted by Gasteiger charge is -2.23. The number of nitrogens with zero attached hydrogens (tertiary/aromatic N) is 1. The number of hydrogen-bond acceptors (Lipinski definition) is 3. The molecule has 0 amide bonds. The van der Waals surface area contributed by atoms with Gasteiger partial charge >= 0.3 is 0 Å². The average molecular weight is 254 g/mol. The summed E-state index contributed by atoms with van der Waals surface area (Å²) in [6.07, 6.45) is 8.55. The van der Waals surface area contributed by atoms with E-state index < -0.39 is 0 Å². The summed E-state index contributed by atoms with van der Waals surface area (Å²) in [6.45, 7) is 4.46. The molecule has 0 aromatic heterocycles. The zero-order chi connectivity index (χ0) is 11.9. The largest absolute Gasteiger partial charge is 0.374 e. The van der Waals surface area contributed by atoms with Crippen LogP contribution in [-0.2, 0) is 0 Å². The van der Waals surface area contributed by atoms with Gasteiger partial charge in [0.05, 0.1) is 5.84 Å². The summed E-state index contributed by atoms with van der Waals surface area (Å²) in [5.74, 6) is 5.48. The molecule has 0 radical (unpaired) electrons. The molecule has 0 aromatic carbocycles. The van der Waals surface area contributed by atoms with Crippen LogP contribution in [0.2, 0.25) is 0 Å². The standard InChI is InChI=1S/C14H26N2S/c1-12(14-15-8-5-9-16-14)10-17-11-13-6-3-2-4-7-13/h12-13H,2-11H2,1H3,(H,15,16). The second-order valence-corrected chi connectivity index (χ2v) is 6.56. The van der Waals surface area contributed by atoms with Gasteiger partial charge in [-0.25, -0.2) is 0 Å². The summed E-state index contributed by atoms with van der Waals surface area (Å²) >= 11 is 2.14. The molecule has 1 fully saturated rings. The first-order chi connectivity index (χ1) is 8.36. The number of amidine groups is 1. The van der Waals surface area contributed by atoms with Gasteiger partial charge in [0.15, 0.2) is 0 Å². The van der Waals surface area contributed by atoms with E-state index in [0.29, 0.717) is 5.92 Å². The van der Waals surface area contributed by atoms with Crippen LogP contribution < -0.4 is 5.32 Å². The Bertz CT molecular complexity index is 247. The fraction of sp³-hybridized carbons (Fsp3) is 0.929. The number of aliphatic imine (C=N–C) groups is 1. The predicted octanol–water partition coefficient (Wildman–Crippen LogP) is 3.33. The predicted molar refractivity (Wildman–Crippen MR) is 78.0 cm³/mol. The zero-order valence-electron chi connectivity index (χ0n) is 11.1. The Labute approximate surface area is 110 Å². The highest BCUT2D eigenvalue weighted by molar-refractivity contribution is 7.99. The summed E-state index contributed by atoms with van der Waals surface area (Å²) in [7, 11) is 0. The van der Waals surface area contributed by atoms with Crippen molar-refractivity contribution in [3.8, 4) is 0 Å². The molecule has 2 aliphatic rings. The van der Waals surface area contributed by atoms with Gasteiger partial charge < -0.3 is 5.32 Å². The molecule has 0 saturated heterocycles. The maximum atomic E-state index is 4.59. The van der Waals surface area contributed by atoms with E-state index in [9.17, 15) is 0 Å². The number of thioether (sulfide) groups is 1. The van der Waals surface area contributed by atoms with Crippen LogP contribution in [0.25, 0.3) is 0 Å². The van der Waals surface area contributed by atoms with E-state index in [1.54, 1.807) is 0 Å². The first-order valence-electron chi connectivity index (χ1n) is 7.22. The summed E-state index contributed by atoms with van der Waals surface area (Å²) in [6, 6.07) is 0.